The van der Waals surface area contributed by atoms with Gasteiger partial charge in [-0.2, -0.15) is 0 Å². The van der Waals surface area contributed by atoms with Gasteiger partial charge in [0.1, 0.15) is 0 Å². The molecule has 2 heterocycles. The van der Waals surface area contributed by atoms with Crippen LogP contribution < -0.4 is 5.32 Å². The molecule has 96 valence electrons. The van der Waals surface area contributed by atoms with Crippen LogP contribution in [0.3, 0.4) is 0 Å². The van der Waals surface area contributed by atoms with E-state index >= 15 is 0 Å². The van der Waals surface area contributed by atoms with Crippen molar-refractivity contribution < 1.29 is 0 Å². The van der Waals surface area contributed by atoms with E-state index in [9.17, 15) is 0 Å². The third-order valence-corrected chi connectivity index (χ3v) is 4.53. The summed E-state index contributed by atoms with van der Waals surface area (Å²) in [6.07, 6.45) is 5.09. The number of hydrogen-bond donors (Lipinski definition) is 1. The van der Waals surface area contributed by atoms with Crippen LogP contribution in [0, 0.1) is 0 Å². The van der Waals surface area contributed by atoms with Crippen molar-refractivity contribution in [2.45, 2.75) is 32.6 Å². The fourth-order valence-electron chi connectivity index (χ4n) is 2.35. The summed E-state index contributed by atoms with van der Waals surface area (Å²) in [6, 6.07) is 4.64. The predicted octanol–water partition coefficient (Wildman–Crippen LogP) is 2.54. The fraction of sp³-hybridized carbons (Fsp3) is 0.714. The first-order valence-corrected chi connectivity index (χ1v) is 7.71. The van der Waals surface area contributed by atoms with Gasteiger partial charge in [-0.1, -0.05) is 13.3 Å². The number of nitrogens with zero attached hydrogens (tertiary/aromatic N) is 1. The van der Waals surface area contributed by atoms with E-state index in [1.165, 1.54) is 58.4 Å². The van der Waals surface area contributed by atoms with E-state index in [1.54, 1.807) is 9.75 Å². The Balaban J connectivity index is 1.66. The molecule has 1 saturated heterocycles. The van der Waals surface area contributed by atoms with Gasteiger partial charge in [0.15, 0.2) is 0 Å². The van der Waals surface area contributed by atoms with Gasteiger partial charge in [-0.3, -0.25) is 0 Å². The molecule has 0 atom stereocenters. The van der Waals surface area contributed by atoms with Crippen LogP contribution in [0.1, 0.15) is 29.5 Å². The first kappa shape index (κ1) is 13.1. The number of thiophene rings is 1. The molecule has 1 aliphatic rings. The number of piperazine rings is 1. The molecule has 0 radical (unpaired) electrons. The lowest BCUT2D eigenvalue weighted by molar-refractivity contribution is 0.239. The average Bonchev–Trinajstić information content (AvgIpc) is 2.79. The topological polar surface area (TPSA) is 15.3 Å². The van der Waals surface area contributed by atoms with Crippen LogP contribution in [0.15, 0.2) is 12.1 Å². The Bertz CT molecular complexity index is 316. The van der Waals surface area contributed by atoms with Gasteiger partial charge in [-0.15, -0.1) is 11.3 Å². The Morgan fingerprint density at radius 2 is 1.88 bits per heavy atom. The van der Waals surface area contributed by atoms with E-state index in [-0.39, 0.29) is 0 Å². The first-order chi connectivity index (χ1) is 8.38. The fourth-order valence-corrected chi connectivity index (χ4v) is 3.51. The second-order valence-corrected chi connectivity index (χ2v) is 6.07. The number of rotatable bonds is 6. The minimum absolute atomic E-state index is 1.17. The lowest BCUT2D eigenvalue weighted by Gasteiger charge is -2.26. The number of aryl methyl sites for hydroxylation is 2. The molecule has 1 fully saturated rings. The molecule has 0 aliphatic carbocycles. The van der Waals surface area contributed by atoms with Crippen molar-refractivity contribution in [3.05, 3.63) is 21.9 Å². The normalized spacial score (nSPS) is 17.5. The molecule has 1 aromatic heterocycles. The second-order valence-electron chi connectivity index (χ2n) is 4.81. The van der Waals surface area contributed by atoms with Gasteiger partial charge >= 0.3 is 0 Å². The van der Waals surface area contributed by atoms with Gasteiger partial charge in [0.2, 0.25) is 0 Å². The summed E-state index contributed by atoms with van der Waals surface area (Å²) >= 11 is 2.01. The van der Waals surface area contributed by atoms with Crippen LogP contribution in [0.2, 0.25) is 0 Å². The molecule has 0 bridgehead atoms. The Morgan fingerprint density at radius 1 is 1.18 bits per heavy atom. The van der Waals surface area contributed by atoms with Crippen LogP contribution in [0.4, 0.5) is 0 Å². The Morgan fingerprint density at radius 3 is 2.59 bits per heavy atom. The van der Waals surface area contributed by atoms with E-state index < -0.39 is 0 Å². The minimum Gasteiger partial charge on any atom is -0.314 e. The third kappa shape index (κ3) is 4.41. The summed E-state index contributed by atoms with van der Waals surface area (Å²) in [6.45, 7) is 8.31. The Kier molecular flexibility index (Phi) is 5.49. The molecular formula is C14H24N2S. The lowest BCUT2D eigenvalue weighted by atomic mass is 10.2. The van der Waals surface area contributed by atoms with Crippen LogP contribution in [-0.4, -0.2) is 37.6 Å². The number of nitrogens with one attached hydrogen (secondary N) is 1. The summed E-state index contributed by atoms with van der Waals surface area (Å²) in [7, 11) is 0. The maximum absolute atomic E-state index is 3.40. The van der Waals surface area contributed by atoms with Gasteiger partial charge in [0.25, 0.3) is 0 Å². The lowest BCUT2D eigenvalue weighted by Crippen LogP contribution is -2.43. The molecule has 0 saturated carbocycles. The van der Waals surface area contributed by atoms with E-state index in [4.69, 9.17) is 0 Å². The summed E-state index contributed by atoms with van der Waals surface area (Å²) < 4.78 is 0. The zero-order valence-corrected chi connectivity index (χ0v) is 11.7. The van der Waals surface area contributed by atoms with Crippen molar-refractivity contribution >= 4 is 11.3 Å². The first-order valence-electron chi connectivity index (χ1n) is 6.89. The molecule has 3 heteroatoms. The van der Waals surface area contributed by atoms with Crippen molar-refractivity contribution in [1.82, 2.24) is 10.2 Å². The molecule has 2 nitrogen and oxygen atoms in total. The van der Waals surface area contributed by atoms with Gasteiger partial charge in [0.05, 0.1) is 0 Å². The van der Waals surface area contributed by atoms with Crippen LogP contribution in [-0.2, 0) is 12.8 Å². The SMILES string of the molecule is CCCc1ccc(CCCN2CCNCC2)s1. The highest BCUT2D eigenvalue weighted by Gasteiger charge is 2.08. The molecular weight excluding hydrogens is 228 g/mol. The van der Waals surface area contributed by atoms with Crippen LogP contribution in [0.25, 0.3) is 0 Å². The maximum atomic E-state index is 3.40. The van der Waals surface area contributed by atoms with Gasteiger partial charge in [-0.05, 0) is 37.9 Å². The van der Waals surface area contributed by atoms with Crippen molar-refractivity contribution in [2.75, 3.05) is 32.7 Å². The highest BCUT2D eigenvalue weighted by Crippen LogP contribution is 2.19. The van der Waals surface area contributed by atoms with E-state index in [1.807, 2.05) is 11.3 Å². The highest BCUT2D eigenvalue weighted by molar-refractivity contribution is 7.11. The number of hydrogen-bond acceptors (Lipinski definition) is 3. The molecule has 1 aliphatic heterocycles. The van der Waals surface area contributed by atoms with Crippen LogP contribution >= 0.6 is 11.3 Å². The summed E-state index contributed by atoms with van der Waals surface area (Å²) in [4.78, 5) is 5.71. The van der Waals surface area contributed by atoms with Gasteiger partial charge < -0.3 is 10.2 Å². The summed E-state index contributed by atoms with van der Waals surface area (Å²) in [5.41, 5.74) is 0. The van der Waals surface area contributed by atoms with Gasteiger partial charge in [-0.25, -0.2) is 0 Å². The smallest absolute Gasteiger partial charge is 0.0107 e. The Hall–Kier alpha value is -0.380. The van der Waals surface area contributed by atoms with Crippen molar-refractivity contribution in [3.8, 4) is 0 Å². The average molecular weight is 252 g/mol. The molecule has 0 unspecified atom stereocenters. The van der Waals surface area contributed by atoms with E-state index in [0.717, 1.165) is 0 Å². The quantitative estimate of drug-likeness (QED) is 0.837. The molecule has 1 aromatic rings. The van der Waals surface area contributed by atoms with Crippen LogP contribution in [0.5, 0.6) is 0 Å². The molecule has 0 spiro atoms. The predicted molar refractivity (Wildman–Crippen MR) is 75.9 cm³/mol. The van der Waals surface area contributed by atoms with Crippen molar-refractivity contribution in [2.24, 2.45) is 0 Å². The standard InChI is InChI=1S/C14H24N2S/c1-2-4-13-6-7-14(17-13)5-3-10-16-11-8-15-9-12-16/h6-7,15H,2-5,8-12H2,1H3. The largest absolute Gasteiger partial charge is 0.314 e. The monoisotopic (exact) mass is 252 g/mol. The van der Waals surface area contributed by atoms with Crippen molar-refractivity contribution in [1.29, 1.82) is 0 Å². The maximum Gasteiger partial charge on any atom is 0.0107 e. The minimum atomic E-state index is 1.17. The molecule has 0 amide bonds. The highest BCUT2D eigenvalue weighted by atomic mass is 32.1. The molecule has 0 aromatic carbocycles. The van der Waals surface area contributed by atoms with Crippen molar-refractivity contribution in [3.63, 3.8) is 0 Å². The van der Waals surface area contributed by atoms with E-state index in [2.05, 4.69) is 29.3 Å². The third-order valence-electron chi connectivity index (χ3n) is 3.32. The molecule has 2 rings (SSSR count). The summed E-state index contributed by atoms with van der Waals surface area (Å²) in [5.74, 6) is 0. The zero-order valence-electron chi connectivity index (χ0n) is 10.9. The van der Waals surface area contributed by atoms with E-state index in [0.29, 0.717) is 0 Å². The summed E-state index contributed by atoms with van der Waals surface area (Å²) in [5, 5.41) is 3.40. The Labute approximate surface area is 109 Å². The zero-order chi connectivity index (χ0) is 11.9. The molecule has 1 N–H and O–H groups in total. The second kappa shape index (κ2) is 7.14. The van der Waals surface area contributed by atoms with Gasteiger partial charge in [0, 0.05) is 35.9 Å². The molecule has 17 heavy (non-hydrogen) atoms.